The van der Waals surface area contributed by atoms with Gasteiger partial charge in [0.1, 0.15) is 6.54 Å². The third-order valence-corrected chi connectivity index (χ3v) is 6.21. The minimum Gasteiger partial charge on any atom is -0.345 e. The number of carbonyl (C=O) groups is 2. The normalized spacial score (nSPS) is 13.0. The van der Waals surface area contributed by atoms with Crippen molar-refractivity contribution in [3.8, 4) is 0 Å². The van der Waals surface area contributed by atoms with Crippen molar-refractivity contribution in [3.05, 3.63) is 94.8 Å². The molecule has 0 bridgehead atoms. The maximum absolute atomic E-state index is 13.4. The second-order valence-corrected chi connectivity index (χ2v) is 9.04. The van der Waals surface area contributed by atoms with Crippen molar-refractivity contribution in [2.24, 2.45) is 0 Å². The average Bonchev–Trinajstić information content (AvgIpc) is 3.57. The lowest BCUT2D eigenvalue weighted by atomic mass is 10.2. The lowest BCUT2D eigenvalue weighted by Gasteiger charge is -2.28. The number of halogens is 1. The van der Waals surface area contributed by atoms with Crippen LogP contribution in [-0.2, 0) is 17.9 Å². The van der Waals surface area contributed by atoms with Crippen molar-refractivity contribution >= 4 is 23.4 Å². The molecule has 1 aliphatic rings. The summed E-state index contributed by atoms with van der Waals surface area (Å²) in [5.74, 6) is -0.134. The summed E-state index contributed by atoms with van der Waals surface area (Å²) in [6.07, 6.45) is 4.88. The molecule has 1 aliphatic carbocycles. The number of benzene rings is 2. The van der Waals surface area contributed by atoms with Crippen LogP contribution in [0.1, 0.15) is 47.8 Å². The molecule has 2 amide bonds. The highest BCUT2D eigenvalue weighted by Crippen LogP contribution is 2.29. The largest absolute Gasteiger partial charge is 0.345 e. The van der Waals surface area contributed by atoms with E-state index in [1.807, 2.05) is 36.1 Å². The molecular formula is C27H30ClN3O2. The Bertz CT molecular complexity index is 1070. The van der Waals surface area contributed by atoms with Gasteiger partial charge in [-0.3, -0.25) is 9.59 Å². The van der Waals surface area contributed by atoms with Gasteiger partial charge in [0.25, 0.3) is 5.91 Å². The van der Waals surface area contributed by atoms with Gasteiger partial charge in [-0.05, 0) is 61.2 Å². The van der Waals surface area contributed by atoms with Crippen LogP contribution in [0.5, 0.6) is 0 Å². The summed E-state index contributed by atoms with van der Waals surface area (Å²) in [6, 6.07) is 21.5. The van der Waals surface area contributed by atoms with Gasteiger partial charge in [0, 0.05) is 41.6 Å². The zero-order chi connectivity index (χ0) is 23.2. The highest BCUT2D eigenvalue weighted by Gasteiger charge is 2.34. The molecule has 1 aromatic heterocycles. The van der Waals surface area contributed by atoms with E-state index in [4.69, 9.17) is 11.6 Å². The van der Waals surface area contributed by atoms with E-state index < -0.39 is 0 Å². The predicted molar refractivity (Wildman–Crippen MR) is 131 cm³/mol. The van der Waals surface area contributed by atoms with Gasteiger partial charge in [0.2, 0.25) is 5.91 Å². The molecule has 0 aliphatic heterocycles. The lowest BCUT2D eigenvalue weighted by molar-refractivity contribution is -0.133. The molecule has 172 valence electrons. The molecule has 0 spiro atoms. The van der Waals surface area contributed by atoms with E-state index in [-0.39, 0.29) is 24.4 Å². The quantitative estimate of drug-likeness (QED) is 0.413. The van der Waals surface area contributed by atoms with Gasteiger partial charge >= 0.3 is 0 Å². The van der Waals surface area contributed by atoms with E-state index in [9.17, 15) is 9.59 Å². The smallest absolute Gasteiger partial charge is 0.254 e. The highest BCUT2D eigenvalue weighted by molar-refractivity contribution is 6.30. The Balaban J connectivity index is 1.46. The summed E-state index contributed by atoms with van der Waals surface area (Å²) in [4.78, 5) is 30.1. The zero-order valence-electron chi connectivity index (χ0n) is 19.0. The Hall–Kier alpha value is -3.05. The van der Waals surface area contributed by atoms with Gasteiger partial charge < -0.3 is 14.4 Å². The van der Waals surface area contributed by atoms with Crippen molar-refractivity contribution in [1.82, 2.24) is 14.4 Å². The Morgan fingerprint density at radius 1 is 1.00 bits per heavy atom. The molecule has 3 aromatic rings. The Labute approximate surface area is 200 Å². The van der Waals surface area contributed by atoms with Crippen molar-refractivity contribution in [3.63, 3.8) is 0 Å². The monoisotopic (exact) mass is 463 g/mol. The van der Waals surface area contributed by atoms with E-state index in [1.165, 1.54) is 5.56 Å². The van der Waals surface area contributed by atoms with Crippen molar-refractivity contribution in [2.75, 3.05) is 13.1 Å². The van der Waals surface area contributed by atoms with Crippen LogP contribution in [-0.4, -0.2) is 45.3 Å². The van der Waals surface area contributed by atoms with E-state index in [1.54, 1.807) is 29.2 Å². The molecule has 0 radical (unpaired) electrons. The number of carbonyl (C=O) groups excluding carboxylic acids is 2. The standard InChI is InChI=1S/C27H30ClN3O2/c1-2-16-30(27(33)22-10-12-23(28)13-11-22)20-26(32)31(24-14-15-24)19-25-9-6-17-29(25)18-21-7-4-3-5-8-21/h3-13,17,24H,2,14-16,18-20H2,1H3. The van der Waals surface area contributed by atoms with Crippen molar-refractivity contribution in [2.45, 2.75) is 45.3 Å². The first kappa shape index (κ1) is 23.1. The van der Waals surface area contributed by atoms with E-state index in [2.05, 4.69) is 29.0 Å². The third kappa shape index (κ3) is 6.05. The van der Waals surface area contributed by atoms with E-state index in [0.29, 0.717) is 23.7 Å². The van der Waals surface area contributed by atoms with Crippen LogP contribution < -0.4 is 0 Å². The van der Waals surface area contributed by atoms with Crippen LogP contribution in [0.2, 0.25) is 5.02 Å². The number of hydrogen-bond donors (Lipinski definition) is 0. The Kier molecular flexibility index (Phi) is 7.50. The van der Waals surface area contributed by atoms with Gasteiger partial charge in [0.05, 0.1) is 6.54 Å². The molecule has 33 heavy (non-hydrogen) atoms. The zero-order valence-corrected chi connectivity index (χ0v) is 19.7. The molecule has 0 N–H and O–H groups in total. The van der Waals surface area contributed by atoms with E-state index in [0.717, 1.165) is 31.5 Å². The first-order valence-corrected chi connectivity index (χ1v) is 11.9. The lowest BCUT2D eigenvalue weighted by Crippen LogP contribution is -2.44. The van der Waals surface area contributed by atoms with Crippen LogP contribution in [0.25, 0.3) is 0 Å². The fraction of sp³-hybridized carbons (Fsp3) is 0.333. The molecule has 6 heteroatoms. The summed E-state index contributed by atoms with van der Waals surface area (Å²) < 4.78 is 2.20. The number of nitrogens with zero attached hydrogens (tertiary/aromatic N) is 3. The molecule has 2 aromatic carbocycles. The van der Waals surface area contributed by atoms with Gasteiger partial charge in [-0.1, -0.05) is 48.9 Å². The number of amides is 2. The van der Waals surface area contributed by atoms with Gasteiger partial charge in [0.15, 0.2) is 0 Å². The SMILES string of the molecule is CCCN(CC(=O)N(Cc1cccn1Cc1ccccc1)C1CC1)C(=O)c1ccc(Cl)cc1. The third-order valence-electron chi connectivity index (χ3n) is 5.96. The number of aromatic nitrogens is 1. The van der Waals surface area contributed by atoms with Crippen molar-refractivity contribution < 1.29 is 9.59 Å². The molecule has 1 heterocycles. The highest BCUT2D eigenvalue weighted by atomic mass is 35.5. The van der Waals surface area contributed by atoms with Crippen LogP contribution in [0.15, 0.2) is 72.9 Å². The first-order chi connectivity index (χ1) is 16.0. The van der Waals surface area contributed by atoms with Crippen LogP contribution in [0.4, 0.5) is 0 Å². The second-order valence-electron chi connectivity index (χ2n) is 8.60. The fourth-order valence-corrected chi connectivity index (χ4v) is 4.19. The maximum Gasteiger partial charge on any atom is 0.254 e. The molecular weight excluding hydrogens is 434 g/mol. The summed E-state index contributed by atoms with van der Waals surface area (Å²) in [5, 5.41) is 0.586. The van der Waals surface area contributed by atoms with Crippen LogP contribution in [0.3, 0.4) is 0 Å². The fourth-order valence-electron chi connectivity index (χ4n) is 4.06. The molecule has 0 saturated heterocycles. The van der Waals surface area contributed by atoms with Crippen molar-refractivity contribution in [1.29, 1.82) is 0 Å². The molecule has 5 nitrogen and oxygen atoms in total. The summed E-state index contributed by atoms with van der Waals surface area (Å²) >= 11 is 5.97. The topological polar surface area (TPSA) is 45.6 Å². The van der Waals surface area contributed by atoms with Gasteiger partial charge in [-0.25, -0.2) is 0 Å². The van der Waals surface area contributed by atoms with Gasteiger partial charge in [-0.15, -0.1) is 0 Å². The van der Waals surface area contributed by atoms with Crippen LogP contribution >= 0.6 is 11.6 Å². The molecule has 1 fully saturated rings. The number of rotatable bonds is 10. The van der Waals surface area contributed by atoms with Crippen LogP contribution in [0, 0.1) is 0 Å². The summed E-state index contributed by atoms with van der Waals surface area (Å²) in [7, 11) is 0. The number of hydrogen-bond acceptors (Lipinski definition) is 2. The average molecular weight is 464 g/mol. The first-order valence-electron chi connectivity index (χ1n) is 11.6. The van der Waals surface area contributed by atoms with Gasteiger partial charge in [-0.2, -0.15) is 0 Å². The summed E-state index contributed by atoms with van der Waals surface area (Å²) in [6.45, 7) is 3.97. The van der Waals surface area contributed by atoms with E-state index >= 15 is 0 Å². The predicted octanol–water partition coefficient (Wildman–Crippen LogP) is 5.23. The molecule has 0 unspecified atom stereocenters. The Morgan fingerprint density at radius 3 is 2.39 bits per heavy atom. The minimum absolute atomic E-state index is 0.000671. The molecule has 1 saturated carbocycles. The minimum atomic E-state index is -0.134. The molecule has 0 atom stereocenters. The summed E-state index contributed by atoms with van der Waals surface area (Å²) in [5.41, 5.74) is 2.88. The second kappa shape index (κ2) is 10.7. The maximum atomic E-state index is 13.4. The molecule has 4 rings (SSSR count). The Morgan fingerprint density at radius 2 is 1.73 bits per heavy atom.